The topological polar surface area (TPSA) is 341 Å². The molecule has 0 saturated carbocycles. The summed E-state index contributed by atoms with van der Waals surface area (Å²) in [5.41, 5.74) is 11.9. The highest BCUT2D eigenvalue weighted by Crippen LogP contribution is 2.13. The molecule has 1 heterocycles. The number of imidazole rings is 1. The smallest absolute Gasteiger partial charge is 0.326 e. The van der Waals surface area contributed by atoms with Crippen LogP contribution >= 0.6 is 0 Å². The minimum Gasteiger partial charge on any atom is -0.508 e. The van der Waals surface area contributed by atoms with Gasteiger partial charge in [0.05, 0.1) is 31.1 Å². The molecule has 1 aromatic heterocycles. The van der Waals surface area contributed by atoms with Crippen LogP contribution in [0.3, 0.4) is 0 Å². The summed E-state index contributed by atoms with van der Waals surface area (Å²) in [4.78, 5) is 96.5. The molecule has 20 heteroatoms. The molecule has 0 fully saturated rings. The average molecular weight is 762 g/mol. The van der Waals surface area contributed by atoms with Crippen molar-refractivity contribution in [2.75, 3.05) is 13.2 Å². The number of rotatable bonds is 24. The number of aromatic nitrogens is 2. The van der Waals surface area contributed by atoms with E-state index in [0.29, 0.717) is 30.6 Å². The minimum atomic E-state index is -1.65. The fraction of sp³-hybridized carbons (Fsp3) is 0.529. The maximum Gasteiger partial charge on any atom is 0.326 e. The number of nitrogens with two attached hydrogens (primary N) is 2. The molecule has 298 valence electrons. The number of phenolic OH excluding ortho intramolecular Hbond substituents is 1. The number of hydrogen-bond acceptors (Lipinski definition) is 12. The summed E-state index contributed by atoms with van der Waals surface area (Å²) >= 11 is 0. The Labute approximate surface area is 311 Å². The first kappa shape index (κ1) is 44.6. The van der Waals surface area contributed by atoms with Crippen LogP contribution in [0, 0.1) is 5.92 Å². The van der Waals surface area contributed by atoms with Gasteiger partial charge in [-0.2, -0.15) is 0 Å². The number of aliphatic hydroxyl groups excluding tert-OH is 1. The van der Waals surface area contributed by atoms with E-state index in [1.165, 1.54) is 36.8 Å². The number of amides is 5. The van der Waals surface area contributed by atoms with Crippen LogP contribution < -0.4 is 38.1 Å². The maximum atomic E-state index is 13.9. The first-order chi connectivity index (χ1) is 25.5. The number of H-pyrrole nitrogens is 1. The molecule has 2 aromatic rings. The number of benzene rings is 1. The van der Waals surface area contributed by atoms with E-state index in [1.54, 1.807) is 13.8 Å². The van der Waals surface area contributed by atoms with Crippen molar-refractivity contribution in [3.05, 3.63) is 48.0 Å². The van der Waals surface area contributed by atoms with Gasteiger partial charge in [0.1, 0.15) is 36.0 Å². The third-order valence-corrected chi connectivity index (χ3v) is 8.06. The average Bonchev–Trinajstić information content (AvgIpc) is 3.62. The number of nitrogens with zero attached hydrogens (tertiary/aromatic N) is 1. The number of aromatic hydroxyl groups is 1. The molecular formula is C34H51N9O11. The molecule has 0 aliphatic rings. The number of unbranched alkanes of at least 4 members (excludes halogenated alkanes) is 1. The van der Waals surface area contributed by atoms with Crippen LogP contribution in [0.4, 0.5) is 0 Å². The van der Waals surface area contributed by atoms with E-state index in [1.807, 2.05) is 0 Å². The fourth-order valence-corrected chi connectivity index (χ4v) is 5.19. The maximum absolute atomic E-state index is 13.9. The molecule has 54 heavy (non-hydrogen) atoms. The van der Waals surface area contributed by atoms with E-state index in [0.717, 1.165) is 0 Å². The van der Waals surface area contributed by atoms with Gasteiger partial charge in [0.25, 0.3) is 0 Å². The second-order valence-corrected chi connectivity index (χ2v) is 13.1. The summed E-state index contributed by atoms with van der Waals surface area (Å²) in [7, 11) is 0. The molecule has 0 radical (unpaired) electrons. The summed E-state index contributed by atoms with van der Waals surface area (Å²) in [5.74, 6) is -7.42. The number of aliphatic hydroxyl groups is 1. The number of hydrogen-bond donors (Lipinski definition) is 12. The molecule has 1 aromatic carbocycles. The van der Waals surface area contributed by atoms with Crippen molar-refractivity contribution >= 4 is 41.5 Å². The SMILES string of the molecule is CC(C)C[C@H](NC(=O)[C@H](Cc1ccc(O)cc1)NC(=O)[C@H](Cc1c[nH]cn1)NC(=O)[C@H](CO)NC(=O)[C@@H](N)CC(=O)O)C(=O)N[C@@H](CCCCN)C(=O)O. The normalized spacial score (nSPS) is 14.4. The van der Waals surface area contributed by atoms with E-state index >= 15 is 0 Å². The second kappa shape index (κ2) is 22.5. The van der Waals surface area contributed by atoms with Gasteiger partial charge in [-0.25, -0.2) is 9.78 Å². The van der Waals surface area contributed by atoms with Crippen LogP contribution in [0.5, 0.6) is 5.75 Å². The van der Waals surface area contributed by atoms with Crippen LogP contribution in [0.2, 0.25) is 0 Å². The van der Waals surface area contributed by atoms with Gasteiger partial charge in [-0.05, 0) is 55.8 Å². The highest BCUT2D eigenvalue weighted by Gasteiger charge is 2.33. The third kappa shape index (κ3) is 15.6. The highest BCUT2D eigenvalue weighted by atomic mass is 16.4. The zero-order valence-electron chi connectivity index (χ0n) is 30.1. The van der Waals surface area contributed by atoms with Crippen molar-refractivity contribution in [3.63, 3.8) is 0 Å². The fourth-order valence-electron chi connectivity index (χ4n) is 5.19. The number of carbonyl (C=O) groups excluding carboxylic acids is 5. The Morgan fingerprint density at radius 1 is 0.759 bits per heavy atom. The van der Waals surface area contributed by atoms with E-state index in [2.05, 4.69) is 36.6 Å². The molecule has 14 N–H and O–H groups in total. The molecule has 20 nitrogen and oxygen atoms in total. The van der Waals surface area contributed by atoms with Gasteiger partial charge in [-0.1, -0.05) is 26.0 Å². The Bertz CT molecular complexity index is 1550. The zero-order valence-corrected chi connectivity index (χ0v) is 30.1. The van der Waals surface area contributed by atoms with Crippen molar-refractivity contribution < 1.29 is 54.0 Å². The van der Waals surface area contributed by atoms with Crippen LogP contribution in [-0.4, -0.2) is 121 Å². The summed E-state index contributed by atoms with van der Waals surface area (Å²) < 4.78 is 0. The van der Waals surface area contributed by atoms with E-state index < -0.39 is 90.8 Å². The summed E-state index contributed by atoms with van der Waals surface area (Å²) in [6, 6.07) is -2.77. The van der Waals surface area contributed by atoms with Crippen LogP contribution in [0.15, 0.2) is 36.8 Å². The van der Waals surface area contributed by atoms with Gasteiger partial charge in [-0.15, -0.1) is 0 Å². The Balaban J connectivity index is 2.38. The number of aromatic amines is 1. The largest absolute Gasteiger partial charge is 0.508 e. The molecule has 0 aliphatic heterocycles. The number of phenols is 1. The molecule has 5 amide bonds. The van der Waals surface area contributed by atoms with E-state index in [4.69, 9.17) is 16.6 Å². The Morgan fingerprint density at radius 3 is 1.81 bits per heavy atom. The Morgan fingerprint density at radius 2 is 1.30 bits per heavy atom. The minimum absolute atomic E-state index is 0.0619. The molecule has 0 unspecified atom stereocenters. The summed E-state index contributed by atoms with van der Waals surface area (Å²) in [5, 5.41) is 50.5. The third-order valence-electron chi connectivity index (χ3n) is 8.06. The lowest BCUT2D eigenvalue weighted by Crippen LogP contribution is -2.60. The second-order valence-electron chi connectivity index (χ2n) is 13.1. The quantitative estimate of drug-likeness (QED) is 0.0488. The van der Waals surface area contributed by atoms with Gasteiger partial charge in [0.2, 0.25) is 29.5 Å². The van der Waals surface area contributed by atoms with Gasteiger partial charge in [-0.3, -0.25) is 28.8 Å². The number of nitrogens with one attached hydrogen (secondary N) is 6. The lowest BCUT2D eigenvalue weighted by Gasteiger charge is -2.27. The monoisotopic (exact) mass is 761 g/mol. The molecule has 2 rings (SSSR count). The van der Waals surface area contributed by atoms with Crippen LogP contribution in [0.25, 0.3) is 0 Å². The zero-order chi connectivity index (χ0) is 40.4. The first-order valence-electron chi connectivity index (χ1n) is 17.3. The molecule has 0 spiro atoms. The lowest BCUT2D eigenvalue weighted by molar-refractivity contribution is -0.142. The molecule has 0 bridgehead atoms. The van der Waals surface area contributed by atoms with Gasteiger partial charge >= 0.3 is 11.9 Å². The molecular weight excluding hydrogens is 710 g/mol. The van der Waals surface area contributed by atoms with Crippen molar-refractivity contribution in [2.45, 2.75) is 95.0 Å². The molecule has 6 atom stereocenters. The molecule has 0 aliphatic carbocycles. The van der Waals surface area contributed by atoms with Crippen molar-refractivity contribution in [3.8, 4) is 5.75 Å². The Kier molecular flexibility index (Phi) is 18.5. The van der Waals surface area contributed by atoms with E-state index in [-0.39, 0.29) is 37.4 Å². The van der Waals surface area contributed by atoms with E-state index in [9.17, 15) is 48.9 Å². The van der Waals surface area contributed by atoms with Gasteiger partial charge in [0.15, 0.2) is 0 Å². The number of carbonyl (C=O) groups is 7. The predicted octanol–water partition coefficient (Wildman–Crippen LogP) is -2.62. The predicted molar refractivity (Wildman–Crippen MR) is 191 cm³/mol. The lowest BCUT2D eigenvalue weighted by atomic mass is 10.00. The molecule has 0 saturated heterocycles. The van der Waals surface area contributed by atoms with Crippen molar-refractivity contribution in [2.24, 2.45) is 17.4 Å². The Hall–Kier alpha value is -5.60. The number of aliphatic carboxylic acids is 2. The van der Waals surface area contributed by atoms with Crippen LogP contribution in [0.1, 0.15) is 57.2 Å². The van der Waals surface area contributed by atoms with Crippen molar-refractivity contribution in [1.29, 1.82) is 0 Å². The standard InChI is InChI=1S/C34H51N9O11/c1-18(2)11-24(30(49)39-23(34(53)54)5-3-4-10-35)40-31(50)25(12-19-6-8-21(45)9-7-19)41-32(51)26(13-20-15-37-17-38-20)42-33(52)27(16-44)43-29(48)22(36)14-28(46)47/h6-9,15,17-18,22-27,44-45H,3-5,10-14,16,35-36H2,1-2H3,(H,37,38)(H,39,49)(H,40,50)(H,41,51)(H,42,52)(H,43,48)(H,46,47)(H,53,54)/t22-,23-,24-,25-,26-,27-/m0/s1. The van der Waals surface area contributed by atoms with Crippen LogP contribution in [-0.2, 0) is 46.4 Å². The van der Waals surface area contributed by atoms with Gasteiger partial charge < -0.3 is 63.5 Å². The van der Waals surface area contributed by atoms with Gasteiger partial charge in [0, 0.05) is 19.0 Å². The number of carboxylic acids is 2. The summed E-state index contributed by atoms with van der Waals surface area (Å²) in [6.07, 6.45) is 2.81. The highest BCUT2D eigenvalue weighted by molar-refractivity contribution is 5.97. The summed E-state index contributed by atoms with van der Waals surface area (Å²) in [6.45, 7) is 2.98. The first-order valence-corrected chi connectivity index (χ1v) is 17.3. The van der Waals surface area contributed by atoms with Crippen molar-refractivity contribution in [1.82, 2.24) is 36.6 Å². The number of carboxylic acid groups (broad SMARTS) is 2.